The predicted molar refractivity (Wildman–Crippen MR) is 116 cm³/mol. The van der Waals surface area contributed by atoms with Gasteiger partial charge < -0.3 is 19.3 Å². The first kappa shape index (κ1) is 20.4. The second-order valence-electron chi connectivity index (χ2n) is 7.52. The molecule has 0 aliphatic rings. The number of rotatable bonds is 6. The first-order chi connectivity index (χ1) is 14.8. The summed E-state index contributed by atoms with van der Waals surface area (Å²) in [7, 11) is 0. The molecule has 2 N–H and O–H groups in total. The molecule has 0 aliphatic carbocycles. The van der Waals surface area contributed by atoms with E-state index in [1.807, 2.05) is 37.3 Å². The molecular weight excluding hydrogens is 398 g/mol. The molecule has 2 aromatic carbocycles. The maximum Gasteiger partial charge on any atom is 0.340 e. The number of hydrogen-bond acceptors (Lipinski definition) is 5. The lowest BCUT2D eigenvalue weighted by Crippen LogP contribution is -2.29. The predicted octanol–water partition coefficient (Wildman–Crippen LogP) is 3.96. The number of benzene rings is 2. The largest absolute Gasteiger partial charge is 0.481 e. The van der Waals surface area contributed by atoms with Gasteiger partial charge in [0, 0.05) is 28.9 Å². The standard InChI is InChI=1S/C24H21NO6/c1-13-3-5-15(6-4-13)19-12-30-20-11-21-16(9-18(19)20)14(2)17(24(29)31-21)10-22(26)25-8-7-23(27)28/h3-6,9,11-12H,7-8,10H2,1-2H3,(H,25,26)(H,27,28). The van der Waals surface area contributed by atoms with Crippen LogP contribution in [0.2, 0.25) is 0 Å². The first-order valence-electron chi connectivity index (χ1n) is 9.86. The SMILES string of the molecule is Cc1ccc(-c2coc3cc4oc(=O)c(CC(=O)NCCC(=O)O)c(C)c4cc23)cc1. The molecule has 0 unspecified atom stereocenters. The molecule has 31 heavy (non-hydrogen) atoms. The van der Waals surface area contributed by atoms with Crippen LogP contribution in [-0.2, 0) is 16.0 Å². The van der Waals surface area contributed by atoms with E-state index < -0.39 is 17.5 Å². The van der Waals surface area contributed by atoms with Crippen LogP contribution in [0.15, 0.2) is 56.3 Å². The van der Waals surface area contributed by atoms with Crippen molar-refractivity contribution in [3.63, 3.8) is 0 Å². The van der Waals surface area contributed by atoms with Crippen LogP contribution in [0.5, 0.6) is 0 Å². The van der Waals surface area contributed by atoms with Crippen LogP contribution in [0.3, 0.4) is 0 Å². The number of aryl methyl sites for hydroxylation is 2. The second kappa shape index (κ2) is 8.10. The van der Waals surface area contributed by atoms with E-state index in [2.05, 4.69) is 5.32 Å². The van der Waals surface area contributed by atoms with E-state index >= 15 is 0 Å². The molecule has 2 aromatic heterocycles. The highest BCUT2D eigenvalue weighted by Crippen LogP contribution is 2.34. The Bertz CT molecular complexity index is 1360. The monoisotopic (exact) mass is 419 g/mol. The van der Waals surface area contributed by atoms with Gasteiger partial charge in [-0.1, -0.05) is 29.8 Å². The van der Waals surface area contributed by atoms with E-state index in [0.29, 0.717) is 16.7 Å². The highest BCUT2D eigenvalue weighted by Gasteiger charge is 2.18. The van der Waals surface area contributed by atoms with Gasteiger partial charge in [0.05, 0.1) is 24.7 Å². The maximum absolute atomic E-state index is 12.5. The summed E-state index contributed by atoms with van der Waals surface area (Å²) in [6, 6.07) is 11.7. The molecule has 0 saturated heterocycles. The first-order valence-corrected chi connectivity index (χ1v) is 9.86. The number of furan rings is 1. The smallest absolute Gasteiger partial charge is 0.340 e. The normalized spacial score (nSPS) is 11.2. The molecule has 0 spiro atoms. The second-order valence-corrected chi connectivity index (χ2v) is 7.52. The molecule has 0 radical (unpaired) electrons. The average Bonchev–Trinajstić information content (AvgIpc) is 3.13. The highest BCUT2D eigenvalue weighted by molar-refractivity contribution is 6.02. The van der Waals surface area contributed by atoms with E-state index in [9.17, 15) is 14.4 Å². The van der Waals surface area contributed by atoms with Crippen LogP contribution < -0.4 is 10.9 Å². The minimum atomic E-state index is -1.00. The van der Waals surface area contributed by atoms with Gasteiger partial charge in [-0.05, 0) is 31.0 Å². The Morgan fingerprint density at radius 2 is 1.77 bits per heavy atom. The third-order valence-electron chi connectivity index (χ3n) is 5.34. The quantitative estimate of drug-likeness (QED) is 0.458. The van der Waals surface area contributed by atoms with Gasteiger partial charge in [-0.3, -0.25) is 9.59 Å². The Kier molecular flexibility index (Phi) is 5.33. The zero-order chi connectivity index (χ0) is 22.1. The van der Waals surface area contributed by atoms with E-state index in [4.69, 9.17) is 13.9 Å². The van der Waals surface area contributed by atoms with Crippen molar-refractivity contribution in [3.05, 3.63) is 69.8 Å². The summed E-state index contributed by atoms with van der Waals surface area (Å²) in [5.41, 5.74) is 4.39. The molecule has 158 valence electrons. The summed E-state index contributed by atoms with van der Waals surface area (Å²) < 4.78 is 11.2. The van der Waals surface area contributed by atoms with Gasteiger partial charge in [-0.2, -0.15) is 0 Å². The molecule has 0 aliphatic heterocycles. The van der Waals surface area contributed by atoms with Crippen molar-refractivity contribution in [1.82, 2.24) is 5.32 Å². The maximum atomic E-state index is 12.5. The van der Waals surface area contributed by atoms with Crippen molar-refractivity contribution in [1.29, 1.82) is 0 Å². The number of carbonyl (C=O) groups is 2. The zero-order valence-electron chi connectivity index (χ0n) is 17.2. The molecule has 0 fully saturated rings. The molecule has 0 bridgehead atoms. The Labute approximate surface area is 177 Å². The molecule has 7 nitrogen and oxygen atoms in total. The van der Waals surface area contributed by atoms with Crippen molar-refractivity contribution in [2.24, 2.45) is 0 Å². The molecule has 4 rings (SSSR count). The summed E-state index contributed by atoms with van der Waals surface area (Å²) in [5.74, 6) is -1.43. The van der Waals surface area contributed by atoms with Crippen LogP contribution in [-0.4, -0.2) is 23.5 Å². The number of fused-ring (bicyclic) bond motifs is 2. The summed E-state index contributed by atoms with van der Waals surface area (Å²) in [6.45, 7) is 3.80. The number of amides is 1. The van der Waals surface area contributed by atoms with E-state index in [1.54, 1.807) is 19.3 Å². The topological polar surface area (TPSA) is 110 Å². The van der Waals surface area contributed by atoms with Gasteiger partial charge >= 0.3 is 11.6 Å². The molecule has 4 aromatic rings. The van der Waals surface area contributed by atoms with E-state index in [0.717, 1.165) is 27.5 Å². The summed E-state index contributed by atoms with van der Waals surface area (Å²) >= 11 is 0. The van der Waals surface area contributed by atoms with Crippen LogP contribution in [0.25, 0.3) is 33.1 Å². The van der Waals surface area contributed by atoms with Gasteiger partial charge in [-0.25, -0.2) is 4.79 Å². The van der Waals surface area contributed by atoms with Gasteiger partial charge in [0.1, 0.15) is 11.2 Å². The molecule has 7 heteroatoms. The average molecular weight is 419 g/mol. The minimum Gasteiger partial charge on any atom is -0.481 e. The number of aliphatic carboxylic acids is 1. The van der Waals surface area contributed by atoms with Gasteiger partial charge in [0.2, 0.25) is 5.91 Å². The van der Waals surface area contributed by atoms with Gasteiger partial charge in [0.15, 0.2) is 0 Å². The molecule has 0 atom stereocenters. The molecule has 0 saturated carbocycles. The molecule has 2 heterocycles. The van der Waals surface area contributed by atoms with Crippen LogP contribution in [0, 0.1) is 13.8 Å². The molecule has 1 amide bonds. The van der Waals surface area contributed by atoms with Gasteiger partial charge in [0.25, 0.3) is 0 Å². The Morgan fingerprint density at radius 1 is 1.03 bits per heavy atom. The summed E-state index contributed by atoms with van der Waals surface area (Å²) in [6.07, 6.45) is 1.31. The fourth-order valence-corrected chi connectivity index (χ4v) is 3.60. The van der Waals surface area contributed by atoms with Crippen LogP contribution in [0.1, 0.15) is 23.1 Å². The highest BCUT2D eigenvalue weighted by atomic mass is 16.4. The van der Waals surface area contributed by atoms with Crippen LogP contribution in [0.4, 0.5) is 0 Å². The lowest BCUT2D eigenvalue weighted by atomic mass is 9.99. The van der Waals surface area contributed by atoms with Crippen molar-refractivity contribution in [2.45, 2.75) is 26.7 Å². The Hall–Kier alpha value is -3.87. The number of carboxylic acid groups (broad SMARTS) is 1. The Morgan fingerprint density at radius 3 is 2.48 bits per heavy atom. The van der Waals surface area contributed by atoms with Crippen molar-refractivity contribution >= 4 is 33.8 Å². The third-order valence-corrected chi connectivity index (χ3v) is 5.34. The zero-order valence-corrected chi connectivity index (χ0v) is 17.2. The Balaban J connectivity index is 1.74. The molecular formula is C24H21NO6. The van der Waals surface area contributed by atoms with Crippen molar-refractivity contribution in [2.75, 3.05) is 6.54 Å². The fourth-order valence-electron chi connectivity index (χ4n) is 3.60. The van der Waals surface area contributed by atoms with Crippen molar-refractivity contribution in [3.8, 4) is 11.1 Å². The van der Waals surface area contributed by atoms with Crippen molar-refractivity contribution < 1.29 is 23.5 Å². The fraction of sp³-hybridized carbons (Fsp3) is 0.208. The minimum absolute atomic E-state index is 0.00167. The summed E-state index contributed by atoms with van der Waals surface area (Å²) in [4.78, 5) is 35.3. The number of carbonyl (C=O) groups excluding carboxylic acids is 1. The third kappa shape index (κ3) is 4.07. The van der Waals surface area contributed by atoms with Crippen LogP contribution >= 0.6 is 0 Å². The van der Waals surface area contributed by atoms with E-state index in [-0.39, 0.29) is 24.9 Å². The number of carboxylic acids is 1. The van der Waals surface area contributed by atoms with Gasteiger partial charge in [-0.15, -0.1) is 0 Å². The lowest BCUT2D eigenvalue weighted by Gasteiger charge is -2.09. The van der Waals surface area contributed by atoms with E-state index in [1.165, 1.54) is 0 Å². The number of hydrogen-bond donors (Lipinski definition) is 2. The lowest BCUT2D eigenvalue weighted by molar-refractivity contribution is -0.136. The number of nitrogens with one attached hydrogen (secondary N) is 1. The summed E-state index contributed by atoms with van der Waals surface area (Å²) in [5, 5.41) is 12.8.